The van der Waals surface area contributed by atoms with E-state index in [0.717, 1.165) is 38.4 Å². The number of pyridine rings is 1. The highest BCUT2D eigenvalue weighted by atomic mass is 16.5. The number of anilines is 1. The molecule has 0 bridgehead atoms. The molecule has 1 aliphatic heterocycles. The Labute approximate surface area is 114 Å². The topological polar surface area (TPSA) is 54.5 Å². The zero-order valence-corrected chi connectivity index (χ0v) is 11.6. The normalized spacial score (nSPS) is 16.4. The summed E-state index contributed by atoms with van der Waals surface area (Å²) < 4.78 is 5.17. The molecule has 1 fully saturated rings. The van der Waals surface area contributed by atoms with Gasteiger partial charge in [0.15, 0.2) is 0 Å². The van der Waals surface area contributed by atoms with Gasteiger partial charge in [-0.15, -0.1) is 0 Å². The van der Waals surface area contributed by atoms with Gasteiger partial charge < -0.3 is 15.0 Å². The fourth-order valence-corrected chi connectivity index (χ4v) is 2.39. The molecule has 5 nitrogen and oxygen atoms in total. The number of amides is 1. The molecule has 104 valence electrons. The summed E-state index contributed by atoms with van der Waals surface area (Å²) in [5.41, 5.74) is 0.511. The van der Waals surface area contributed by atoms with Crippen molar-refractivity contribution >= 4 is 11.7 Å². The number of ether oxygens (including phenoxy) is 1. The van der Waals surface area contributed by atoms with E-state index < -0.39 is 0 Å². The Morgan fingerprint density at radius 2 is 2.21 bits per heavy atom. The monoisotopic (exact) mass is 263 g/mol. The predicted molar refractivity (Wildman–Crippen MR) is 74.3 cm³/mol. The molecule has 5 heteroatoms. The van der Waals surface area contributed by atoms with Gasteiger partial charge in [-0.05, 0) is 30.9 Å². The summed E-state index contributed by atoms with van der Waals surface area (Å²) in [5.74, 6) is 1.32. The van der Waals surface area contributed by atoms with Crippen LogP contribution in [0.4, 0.5) is 5.82 Å². The molecule has 0 aromatic carbocycles. The Morgan fingerprint density at radius 1 is 1.47 bits per heavy atom. The van der Waals surface area contributed by atoms with Crippen molar-refractivity contribution in [2.24, 2.45) is 5.92 Å². The Morgan fingerprint density at radius 3 is 2.84 bits per heavy atom. The second kappa shape index (κ2) is 6.52. The number of carbonyl (C=O) groups is 1. The van der Waals surface area contributed by atoms with Gasteiger partial charge in [0.1, 0.15) is 11.5 Å². The molecule has 1 N–H and O–H groups in total. The SMILES string of the molecule is CNc1cccc(C(=O)N2CCC(COC)CC2)n1. The van der Waals surface area contributed by atoms with E-state index >= 15 is 0 Å². The van der Waals surface area contributed by atoms with Crippen molar-refractivity contribution in [3.63, 3.8) is 0 Å². The van der Waals surface area contributed by atoms with Crippen LogP contribution in [0.15, 0.2) is 18.2 Å². The van der Waals surface area contributed by atoms with Gasteiger partial charge in [-0.3, -0.25) is 4.79 Å². The van der Waals surface area contributed by atoms with Gasteiger partial charge in [0.2, 0.25) is 0 Å². The van der Waals surface area contributed by atoms with Crippen LogP contribution >= 0.6 is 0 Å². The summed E-state index contributed by atoms with van der Waals surface area (Å²) in [4.78, 5) is 18.5. The molecule has 0 unspecified atom stereocenters. The van der Waals surface area contributed by atoms with E-state index in [-0.39, 0.29) is 5.91 Å². The third kappa shape index (κ3) is 3.44. The van der Waals surface area contributed by atoms with Gasteiger partial charge >= 0.3 is 0 Å². The first kappa shape index (κ1) is 13.8. The molecule has 1 aliphatic rings. The second-order valence-electron chi connectivity index (χ2n) is 4.85. The number of piperidine rings is 1. The number of hydrogen-bond acceptors (Lipinski definition) is 4. The quantitative estimate of drug-likeness (QED) is 0.897. The molecular weight excluding hydrogens is 242 g/mol. The molecule has 1 aromatic heterocycles. The van der Waals surface area contributed by atoms with Crippen LogP contribution in [-0.2, 0) is 4.74 Å². The largest absolute Gasteiger partial charge is 0.384 e. The number of likely N-dealkylation sites (tertiary alicyclic amines) is 1. The maximum Gasteiger partial charge on any atom is 0.272 e. The molecule has 0 radical (unpaired) electrons. The lowest BCUT2D eigenvalue weighted by atomic mass is 9.97. The molecule has 2 heterocycles. The van der Waals surface area contributed by atoms with Crippen LogP contribution in [0.1, 0.15) is 23.3 Å². The molecule has 1 saturated heterocycles. The van der Waals surface area contributed by atoms with Gasteiger partial charge in [0.25, 0.3) is 5.91 Å². The van der Waals surface area contributed by atoms with Crippen molar-refractivity contribution in [3.8, 4) is 0 Å². The van der Waals surface area contributed by atoms with Crippen molar-refractivity contribution in [1.29, 1.82) is 0 Å². The van der Waals surface area contributed by atoms with Crippen LogP contribution in [-0.4, -0.2) is 49.6 Å². The van der Waals surface area contributed by atoms with Crippen molar-refractivity contribution in [2.45, 2.75) is 12.8 Å². The first-order valence-corrected chi connectivity index (χ1v) is 6.67. The summed E-state index contributed by atoms with van der Waals surface area (Å²) in [7, 11) is 3.53. The van der Waals surface area contributed by atoms with Crippen molar-refractivity contribution in [1.82, 2.24) is 9.88 Å². The number of hydrogen-bond donors (Lipinski definition) is 1. The predicted octanol–water partition coefficient (Wildman–Crippen LogP) is 1.62. The molecule has 19 heavy (non-hydrogen) atoms. The van der Waals surface area contributed by atoms with Crippen LogP contribution in [0.2, 0.25) is 0 Å². The third-order valence-corrected chi connectivity index (χ3v) is 3.53. The van der Waals surface area contributed by atoms with Crippen molar-refractivity contribution in [2.75, 3.05) is 39.2 Å². The highest BCUT2D eigenvalue weighted by Gasteiger charge is 2.24. The first-order chi connectivity index (χ1) is 9.24. The highest BCUT2D eigenvalue weighted by molar-refractivity contribution is 5.92. The van der Waals surface area contributed by atoms with Gasteiger partial charge in [0, 0.05) is 33.9 Å². The standard InChI is InChI=1S/C14H21N3O2/c1-15-13-5-3-4-12(16-13)14(18)17-8-6-11(7-9-17)10-19-2/h3-5,11H,6-10H2,1-2H3,(H,15,16). The molecule has 1 amide bonds. The van der Waals surface area contributed by atoms with E-state index in [1.807, 2.05) is 17.0 Å². The average Bonchev–Trinajstić information content (AvgIpc) is 2.48. The maximum absolute atomic E-state index is 12.3. The minimum atomic E-state index is 0.0213. The summed E-state index contributed by atoms with van der Waals surface area (Å²) in [6.45, 7) is 2.37. The number of carbonyl (C=O) groups excluding carboxylic acids is 1. The van der Waals surface area contributed by atoms with Gasteiger partial charge in [0.05, 0.1) is 0 Å². The fraction of sp³-hybridized carbons (Fsp3) is 0.571. The fourth-order valence-electron chi connectivity index (χ4n) is 2.39. The van der Waals surface area contributed by atoms with Crippen molar-refractivity contribution in [3.05, 3.63) is 23.9 Å². The van der Waals surface area contributed by atoms with E-state index in [1.165, 1.54) is 0 Å². The molecule has 0 spiro atoms. The molecule has 0 atom stereocenters. The number of nitrogens with zero attached hydrogens (tertiary/aromatic N) is 2. The van der Waals surface area contributed by atoms with E-state index in [4.69, 9.17) is 4.74 Å². The van der Waals surface area contributed by atoms with Gasteiger partial charge in [-0.2, -0.15) is 0 Å². The number of rotatable bonds is 4. The van der Waals surface area contributed by atoms with E-state index in [1.54, 1.807) is 20.2 Å². The van der Waals surface area contributed by atoms with Crippen LogP contribution in [0.3, 0.4) is 0 Å². The van der Waals surface area contributed by atoms with Gasteiger partial charge in [-0.25, -0.2) is 4.98 Å². The van der Waals surface area contributed by atoms with Crippen LogP contribution in [0.25, 0.3) is 0 Å². The number of nitrogens with one attached hydrogen (secondary N) is 1. The molecule has 2 rings (SSSR count). The summed E-state index contributed by atoms with van der Waals surface area (Å²) in [6, 6.07) is 5.47. The summed E-state index contributed by atoms with van der Waals surface area (Å²) in [5, 5.41) is 2.95. The zero-order valence-electron chi connectivity index (χ0n) is 11.6. The number of methoxy groups -OCH3 is 1. The Balaban J connectivity index is 1.97. The van der Waals surface area contributed by atoms with E-state index in [9.17, 15) is 4.79 Å². The average molecular weight is 263 g/mol. The van der Waals surface area contributed by atoms with Gasteiger partial charge in [-0.1, -0.05) is 6.07 Å². The smallest absolute Gasteiger partial charge is 0.272 e. The summed E-state index contributed by atoms with van der Waals surface area (Å²) in [6.07, 6.45) is 2.01. The molecular formula is C14H21N3O2. The lowest BCUT2D eigenvalue weighted by molar-refractivity contribution is 0.0608. The Bertz CT molecular complexity index is 428. The second-order valence-corrected chi connectivity index (χ2v) is 4.85. The molecule has 1 aromatic rings. The van der Waals surface area contributed by atoms with E-state index in [2.05, 4.69) is 10.3 Å². The Hall–Kier alpha value is -1.62. The van der Waals surface area contributed by atoms with Crippen LogP contribution in [0.5, 0.6) is 0 Å². The number of aromatic nitrogens is 1. The van der Waals surface area contributed by atoms with E-state index in [0.29, 0.717) is 11.6 Å². The lowest BCUT2D eigenvalue weighted by Gasteiger charge is -2.31. The summed E-state index contributed by atoms with van der Waals surface area (Å²) >= 11 is 0. The minimum Gasteiger partial charge on any atom is -0.384 e. The first-order valence-electron chi connectivity index (χ1n) is 6.67. The van der Waals surface area contributed by atoms with Crippen LogP contribution in [0, 0.1) is 5.92 Å². The molecule has 0 saturated carbocycles. The molecule has 0 aliphatic carbocycles. The van der Waals surface area contributed by atoms with Crippen molar-refractivity contribution < 1.29 is 9.53 Å². The third-order valence-electron chi connectivity index (χ3n) is 3.53. The Kier molecular flexibility index (Phi) is 4.74. The van der Waals surface area contributed by atoms with Crippen LogP contribution < -0.4 is 5.32 Å². The zero-order chi connectivity index (χ0) is 13.7. The maximum atomic E-state index is 12.3. The lowest BCUT2D eigenvalue weighted by Crippen LogP contribution is -2.39. The minimum absolute atomic E-state index is 0.0213. The highest BCUT2D eigenvalue weighted by Crippen LogP contribution is 2.19.